The molecular formula is C11H13ClN4S. The van der Waals surface area contributed by atoms with Crippen molar-refractivity contribution in [3.8, 4) is 0 Å². The molecule has 0 aliphatic heterocycles. The monoisotopic (exact) mass is 268 g/mol. The number of hydrogen-bond donors (Lipinski definition) is 2. The molecule has 0 radical (unpaired) electrons. The van der Waals surface area contributed by atoms with Crippen molar-refractivity contribution in [2.45, 2.75) is 25.3 Å². The number of aryl methyl sites for hydroxylation is 1. The molecule has 1 aliphatic rings. The third-order valence-corrected chi connectivity index (χ3v) is 4.40. The molecule has 4 nitrogen and oxygen atoms in total. The van der Waals surface area contributed by atoms with Gasteiger partial charge in [-0.3, -0.25) is 5.10 Å². The van der Waals surface area contributed by atoms with Crippen LogP contribution in [-0.2, 0) is 12.8 Å². The van der Waals surface area contributed by atoms with E-state index >= 15 is 0 Å². The fraction of sp³-hybridized carbons (Fsp3) is 0.455. The van der Waals surface area contributed by atoms with E-state index in [0.29, 0.717) is 6.04 Å². The fourth-order valence-corrected chi connectivity index (χ4v) is 3.62. The van der Waals surface area contributed by atoms with Crippen LogP contribution in [-0.4, -0.2) is 21.7 Å². The molecule has 2 N–H and O–H groups in total. The second-order valence-corrected chi connectivity index (χ2v) is 5.92. The number of H-pyrrole nitrogens is 1. The summed E-state index contributed by atoms with van der Waals surface area (Å²) in [6, 6.07) is 2.55. The first-order chi connectivity index (χ1) is 8.33. The molecule has 2 heterocycles. The lowest BCUT2D eigenvalue weighted by molar-refractivity contribution is 0.529. The molecule has 1 atom stereocenters. The summed E-state index contributed by atoms with van der Waals surface area (Å²) in [5.41, 5.74) is 1.39. The van der Waals surface area contributed by atoms with E-state index in [2.05, 4.69) is 26.6 Å². The predicted molar refractivity (Wildman–Crippen MR) is 68.5 cm³/mol. The van der Waals surface area contributed by atoms with Gasteiger partial charge in [-0.15, -0.1) is 11.3 Å². The Morgan fingerprint density at radius 2 is 2.53 bits per heavy atom. The molecule has 0 amide bonds. The molecule has 1 unspecified atom stereocenters. The van der Waals surface area contributed by atoms with Gasteiger partial charge in [0.15, 0.2) is 0 Å². The highest BCUT2D eigenvalue weighted by molar-refractivity contribution is 7.16. The van der Waals surface area contributed by atoms with Gasteiger partial charge in [-0.2, -0.15) is 5.10 Å². The Labute approximate surface area is 108 Å². The van der Waals surface area contributed by atoms with E-state index in [4.69, 9.17) is 11.6 Å². The van der Waals surface area contributed by atoms with E-state index in [-0.39, 0.29) is 0 Å². The van der Waals surface area contributed by atoms with E-state index in [1.54, 1.807) is 17.7 Å². The highest BCUT2D eigenvalue weighted by Gasteiger charge is 2.24. The van der Waals surface area contributed by atoms with Gasteiger partial charge in [-0.05, 0) is 24.5 Å². The molecule has 0 aromatic carbocycles. The van der Waals surface area contributed by atoms with Crippen molar-refractivity contribution < 1.29 is 0 Å². The maximum Gasteiger partial charge on any atom is 0.137 e. The van der Waals surface area contributed by atoms with Crippen molar-refractivity contribution >= 4 is 22.9 Å². The van der Waals surface area contributed by atoms with E-state index < -0.39 is 0 Å². The van der Waals surface area contributed by atoms with Crippen LogP contribution in [0.5, 0.6) is 0 Å². The second-order valence-electron chi connectivity index (χ2n) is 4.16. The molecular weight excluding hydrogens is 256 g/mol. The SMILES string of the molecule is Clc1cc2c(s1)CCC2NCCc1ncn[nH]1. The topological polar surface area (TPSA) is 53.6 Å². The Morgan fingerprint density at radius 1 is 1.59 bits per heavy atom. The van der Waals surface area contributed by atoms with Gasteiger partial charge in [0, 0.05) is 23.9 Å². The summed E-state index contributed by atoms with van der Waals surface area (Å²) in [6.07, 6.45) is 4.74. The van der Waals surface area contributed by atoms with Crippen LogP contribution in [0.25, 0.3) is 0 Å². The molecule has 2 aromatic rings. The smallest absolute Gasteiger partial charge is 0.137 e. The predicted octanol–water partition coefficient (Wildman–Crippen LogP) is 2.34. The van der Waals surface area contributed by atoms with E-state index in [1.165, 1.54) is 16.9 Å². The number of hydrogen-bond acceptors (Lipinski definition) is 4. The lowest BCUT2D eigenvalue weighted by Gasteiger charge is -2.11. The number of nitrogens with zero attached hydrogens (tertiary/aromatic N) is 2. The van der Waals surface area contributed by atoms with E-state index in [0.717, 1.165) is 29.5 Å². The quantitative estimate of drug-likeness (QED) is 0.895. The van der Waals surface area contributed by atoms with Crippen LogP contribution in [0.3, 0.4) is 0 Å². The van der Waals surface area contributed by atoms with Gasteiger partial charge in [-0.1, -0.05) is 11.6 Å². The summed E-state index contributed by atoms with van der Waals surface area (Å²) in [4.78, 5) is 5.54. The third kappa shape index (κ3) is 2.36. The molecule has 0 saturated carbocycles. The zero-order valence-electron chi connectivity index (χ0n) is 9.24. The lowest BCUT2D eigenvalue weighted by Crippen LogP contribution is -2.22. The first kappa shape index (κ1) is 11.2. The number of rotatable bonds is 4. The van der Waals surface area contributed by atoms with Gasteiger partial charge in [0.05, 0.1) is 4.34 Å². The lowest BCUT2D eigenvalue weighted by atomic mass is 10.2. The van der Waals surface area contributed by atoms with Gasteiger partial charge in [0.1, 0.15) is 12.2 Å². The number of thiophene rings is 1. The molecule has 3 rings (SSSR count). The van der Waals surface area contributed by atoms with Crippen LogP contribution >= 0.6 is 22.9 Å². The van der Waals surface area contributed by atoms with Crippen LogP contribution in [0.15, 0.2) is 12.4 Å². The summed E-state index contributed by atoms with van der Waals surface area (Å²) in [6.45, 7) is 0.909. The van der Waals surface area contributed by atoms with Gasteiger partial charge in [-0.25, -0.2) is 4.98 Å². The molecule has 0 bridgehead atoms. The second kappa shape index (κ2) is 4.76. The number of halogens is 1. The maximum absolute atomic E-state index is 6.03. The van der Waals surface area contributed by atoms with Gasteiger partial charge in [0.2, 0.25) is 0 Å². The zero-order chi connectivity index (χ0) is 11.7. The molecule has 1 aliphatic carbocycles. The summed E-state index contributed by atoms with van der Waals surface area (Å²) in [7, 11) is 0. The van der Waals surface area contributed by atoms with Crippen LogP contribution in [0.2, 0.25) is 4.34 Å². The number of nitrogens with one attached hydrogen (secondary N) is 2. The Hall–Kier alpha value is -0.910. The van der Waals surface area contributed by atoms with Crippen LogP contribution in [0.4, 0.5) is 0 Å². The Bertz CT molecular complexity index is 494. The summed E-state index contributed by atoms with van der Waals surface area (Å²) in [5, 5.41) is 10.2. The Kier molecular flexibility index (Phi) is 3.13. The van der Waals surface area contributed by atoms with Gasteiger partial charge >= 0.3 is 0 Å². The van der Waals surface area contributed by atoms with Crippen molar-refractivity contribution in [2.24, 2.45) is 0 Å². The molecule has 90 valence electrons. The minimum Gasteiger partial charge on any atom is -0.309 e. The standard InChI is InChI=1S/C11H13ClN4S/c12-10-5-7-8(1-2-9(7)17-10)13-4-3-11-14-6-15-16-11/h5-6,8,13H,1-4H2,(H,14,15,16). The molecule has 6 heteroatoms. The normalized spacial score (nSPS) is 18.5. The summed E-state index contributed by atoms with van der Waals surface area (Å²) < 4.78 is 0.900. The third-order valence-electron chi connectivity index (χ3n) is 3.06. The average molecular weight is 269 g/mol. The number of aromatic nitrogens is 3. The Morgan fingerprint density at radius 3 is 3.35 bits per heavy atom. The molecule has 0 saturated heterocycles. The van der Waals surface area contributed by atoms with Crippen LogP contribution in [0, 0.1) is 0 Å². The van der Waals surface area contributed by atoms with Crippen molar-refractivity contribution in [3.63, 3.8) is 0 Å². The minimum absolute atomic E-state index is 0.455. The van der Waals surface area contributed by atoms with E-state index in [9.17, 15) is 0 Å². The van der Waals surface area contributed by atoms with Crippen molar-refractivity contribution in [1.29, 1.82) is 0 Å². The van der Waals surface area contributed by atoms with E-state index in [1.807, 2.05) is 0 Å². The first-order valence-electron chi connectivity index (χ1n) is 5.68. The van der Waals surface area contributed by atoms with Crippen molar-refractivity contribution in [2.75, 3.05) is 6.54 Å². The van der Waals surface area contributed by atoms with Gasteiger partial charge < -0.3 is 5.32 Å². The number of fused-ring (bicyclic) bond motifs is 1. The molecule has 0 fully saturated rings. The van der Waals surface area contributed by atoms with Crippen molar-refractivity contribution in [3.05, 3.63) is 33.0 Å². The first-order valence-corrected chi connectivity index (χ1v) is 6.88. The highest BCUT2D eigenvalue weighted by atomic mass is 35.5. The highest BCUT2D eigenvalue weighted by Crippen LogP contribution is 2.39. The number of aromatic amines is 1. The minimum atomic E-state index is 0.455. The largest absolute Gasteiger partial charge is 0.309 e. The molecule has 2 aromatic heterocycles. The van der Waals surface area contributed by atoms with Crippen molar-refractivity contribution in [1.82, 2.24) is 20.5 Å². The summed E-state index contributed by atoms with van der Waals surface area (Å²) >= 11 is 7.74. The fourth-order valence-electron chi connectivity index (χ4n) is 2.26. The van der Waals surface area contributed by atoms with Crippen LogP contribution in [0.1, 0.15) is 28.7 Å². The zero-order valence-corrected chi connectivity index (χ0v) is 10.8. The molecule has 17 heavy (non-hydrogen) atoms. The molecule has 0 spiro atoms. The average Bonchev–Trinajstić information content (AvgIpc) is 2.97. The Balaban J connectivity index is 1.56. The van der Waals surface area contributed by atoms with Crippen LogP contribution < -0.4 is 5.32 Å². The summed E-state index contributed by atoms with van der Waals surface area (Å²) in [5.74, 6) is 0.930. The maximum atomic E-state index is 6.03. The van der Waals surface area contributed by atoms with Gasteiger partial charge in [0.25, 0.3) is 0 Å².